The smallest absolute Gasteiger partial charge is 0.358 e. The number of rotatable bonds is 0. The van der Waals surface area contributed by atoms with Gasteiger partial charge in [0.2, 0.25) is 0 Å². The normalized spacial score (nSPS) is 11.7. The Morgan fingerprint density at radius 2 is 1.42 bits per heavy atom. The fourth-order valence-electron chi connectivity index (χ4n) is 3.84. The predicted octanol–water partition coefficient (Wildman–Crippen LogP) is 10.0. The van der Waals surface area contributed by atoms with E-state index in [1.54, 1.807) is 0 Å². The van der Waals surface area contributed by atoms with E-state index in [0.29, 0.717) is 0 Å². The molecule has 206 valence electrons. The maximum atomic E-state index is 3.67. The van der Waals surface area contributed by atoms with Crippen LogP contribution in [0.5, 0.6) is 0 Å². The van der Waals surface area contributed by atoms with Crippen LogP contribution >= 0.6 is 24.8 Å². The summed E-state index contributed by atoms with van der Waals surface area (Å²) in [4.78, 5) is 0. The zero-order chi connectivity index (χ0) is 26.1. The molecule has 3 heteroatoms. The maximum absolute atomic E-state index is 3.67. The second-order valence-corrected chi connectivity index (χ2v) is 10.9. The molecule has 0 unspecified atom stereocenters. The van der Waals surface area contributed by atoms with E-state index in [9.17, 15) is 0 Å². The summed E-state index contributed by atoms with van der Waals surface area (Å²) in [5.74, 6) is 0. The summed E-state index contributed by atoms with van der Waals surface area (Å²) >= 11 is 1.30. The molecular weight excluding hydrogens is 583 g/mol. The standard InChI is InChI=1S/C21H25.C7H7.C5H5.CH3.CH2.2ClH.Zr/c1-20(2,3)16-7-9-18-14(12-16)11-15-13-17(21(4,5)6)8-10-19(15)18;1-7-5-3-2-4-6-7;1-2-4-5-3-1;;;;;/h7-10,12H,11H2,1-6H3;3-6H,1H3;1-3H,4H2;1H3;1H2;2*1H;/q4*-1;;;;. The first-order valence-corrected chi connectivity index (χ1v) is 14.0. The van der Waals surface area contributed by atoms with Gasteiger partial charge in [0.1, 0.15) is 0 Å². The van der Waals surface area contributed by atoms with Gasteiger partial charge >= 0.3 is 28.4 Å². The molecule has 0 N–H and O–H groups in total. The number of aryl methyl sites for hydroxylation is 1. The van der Waals surface area contributed by atoms with Gasteiger partial charge in [-0.2, -0.15) is 65.7 Å². The molecule has 2 aliphatic rings. The third-order valence-electron chi connectivity index (χ3n) is 5.93. The molecule has 0 saturated carbocycles. The molecule has 0 fully saturated rings. The van der Waals surface area contributed by atoms with Crippen molar-refractivity contribution in [3.05, 3.63) is 126 Å². The molecule has 0 amide bonds. The van der Waals surface area contributed by atoms with E-state index in [0.717, 1.165) is 12.8 Å². The van der Waals surface area contributed by atoms with E-state index in [1.807, 2.05) is 36.4 Å². The van der Waals surface area contributed by atoms with Crippen LogP contribution in [0.3, 0.4) is 0 Å². The molecule has 3 aromatic rings. The summed E-state index contributed by atoms with van der Waals surface area (Å²) in [5, 5.41) is 0. The van der Waals surface area contributed by atoms with Gasteiger partial charge < -0.3 is 7.43 Å². The summed E-state index contributed by atoms with van der Waals surface area (Å²) in [6.45, 7) is 15.7. The summed E-state index contributed by atoms with van der Waals surface area (Å²) in [7, 11) is 0. The first-order chi connectivity index (χ1) is 16.6. The second kappa shape index (κ2) is 17.9. The molecule has 0 saturated heterocycles. The average Bonchev–Trinajstić information content (AvgIpc) is 3.51. The van der Waals surface area contributed by atoms with Crippen molar-refractivity contribution in [3.8, 4) is 11.1 Å². The van der Waals surface area contributed by atoms with E-state index >= 15 is 0 Å². The third kappa shape index (κ3) is 11.7. The minimum Gasteiger partial charge on any atom is -0.358 e. The molecule has 0 heterocycles. The van der Waals surface area contributed by atoms with Crippen LogP contribution in [0.1, 0.15) is 75.8 Å². The van der Waals surface area contributed by atoms with Crippen LogP contribution < -0.4 is 0 Å². The van der Waals surface area contributed by atoms with Gasteiger partial charge in [-0.3, -0.25) is 6.08 Å². The first-order valence-electron chi connectivity index (χ1n) is 12.2. The van der Waals surface area contributed by atoms with Crippen LogP contribution in [-0.2, 0) is 41.5 Å². The topological polar surface area (TPSA) is 0 Å². The Labute approximate surface area is 261 Å². The van der Waals surface area contributed by atoms with E-state index < -0.39 is 0 Å². The van der Waals surface area contributed by atoms with E-state index in [-0.39, 0.29) is 43.1 Å². The summed E-state index contributed by atoms with van der Waals surface area (Å²) in [6, 6.07) is 26.0. The molecule has 0 nitrogen and oxygen atoms in total. The zero-order valence-electron chi connectivity index (χ0n) is 24.4. The fraction of sp³-hybridized carbons (Fsp3) is 0.314. The Hall–Kier alpha value is -1.53. The molecule has 0 spiro atoms. The van der Waals surface area contributed by atoms with Crippen LogP contribution in [0.25, 0.3) is 11.1 Å². The Morgan fingerprint density at radius 1 is 0.816 bits per heavy atom. The van der Waals surface area contributed by atoms with Crippen LogP contribution in [0.2, 0.25) is 0 Å². The van der Waals surface area contributed by atoms with Crippen molar-refractivity contribution in [2.75, 3.05) is 0 Å². The fourth-order valence-corrected chi connectivity index (χ4v) is 3.84. The van der Waals surface area contributed by atoms with Crippen molar-refractivity contribution >= 4 is 29.0 Å². The van der Waals surface area contributed by atoms with Gasteiger partial charge in [-0.15, -0.1) is 42.4 Å². The number of benzene rings is 3. The van der Waals surface area contributed by atoms with Gasteiger partial charge in [0.15, 0.2) is 0 Å². The SMILES string of the molecule is CC(C)(C)c1[c-]c2c(cc1)-c1ccc(C(C)(C)C)cc1C2.Cc1cc[c-]cc1.Cl.Cl.[C-]1=CC=CC1.[CH2]=[Zr].[CH3-]. The maximum Gasteiger partial charge on any atom is -0.358 e. The molecule has 0 atom stereocenters. The first kappa shape index (κ1) is 38.6. The number of hydrogen-bond donors (Lipinski definition) is 0. The van der Waals surface area contributed by atoms with Crippen molar-refractivity contribution in [2.45, 2.75) is 72.1 Å². The average molecular weight is 627 g/mol. The largest absolute Gasteiger partial charge is 0.358 e. The van der Waals surface area contributed by atoms with Gasteiger partial charge in [0.05, 0.1) is 0 Å². The minimum atomic E-state index is 0. The molecule has 0 radical (unpaired) electrons. The summed E-state index contributed by atoms with van der Waals surface area (Å²) in [6.07, 6.45) is 11.0. The van der Waals surface area contributed by atoms with Crippen LogP contribution in [0.15, 0.2) is 72.8 Å². The van der Waals surface area contributed by atoms with E-state index in [1.165, 1.54) is 63.2 Å². The Kier molecular flexibility index (Phi) is 18.2. The molecule has 3 aromatic carbocycles. The molecule has 0 bridgehead atoms. The molecule has 2 aliphatic carbocycles. The summed E-state index contributed by atoms with van der Waals surface area (Å²) < 4.78 is 3.34. The number of allylic oxidation sites excluding steroid dienone is 4. The van der Waals surface area contributed by atoms with Crippen molar-refractivity contribution in [2.24, 2.45) is 0 Å². The second-order valence-electron chi connectivity index (χ2n) is 10.9. The Morgan fingerprint density at radius 3 is 1.84 bits per heavy atom. The zero-order valence-corrected chi connectivity index (χ0v) is 28.5. The van der Waals surface area contributed by atoms with Crippen LogP contribution in [0, 0.1) is 32.6 Å². The van der Waals surface area contributed by atoms with Gasteiger partial charge in [-0.05, 0) is 28.4 Å². The molecule has 0 aromatic heterocycles. The predicted molar refractivity (Wildman–Crippen MR) is 171 cm³/mol. The quantitative estimate of drug-likeness (QED) is 0.170. The molecular formula is C35H44Cl2Zr-4. The van der Waals surface area contributed by atoms with Gasteiger partial charge in [-0.1, -0.05) is 72.2 Å². The molecule has 5 rings (SSSR count). The van der Waals surface area contributed by atoms with Gasteiger partial charge in [0.25, 0.3) is 0 Å². The third-order valence-corrected chi connectivity index (χ3v) is 5.93. The Balaban J connectivity index is 0. The monoisotopic (exact) mass is 624 g/mol. The van der Waals surface area contributed by atoms with Crippen molar-refractivity contribution in [1.29, 1.82) is 0 Å². The van der Waals surface area contributed by atoms with Crippen molar-refractivity contribution in [1.82, 2.24) is 0 Å². The Bertz CT molecular complexity index is 1080. The number of hydrogen-bond acceptors (Lipinski definition) is 0. The molecule has 0 aliphatic heterocycles. The van der Waals surface area contributed by atoms with Crippen LogP contribution in [0.4, 0.5) is 0 Å². The van der Waals surface area contributed by atoms with Crippen molar-refractivity contribution < 1.29 is 24.2 Å². The van der Waals surface area contributed by atoms with Crippen LogP contribution in [-0.4, -0.2) is 4.21 Å². The molecule has 38 heavy (non-hydrogen) atoms. The summed E-state index contributed by atoms with van der Waals surface area (Å²) in [5.41, 5.74) is 10.00. The van der Waals surface area contributed by atoms with Gasteiger partial charge in [-0.25, -0.2) is 12.2 Å². The number of halogens is 2. The minimum absolute atomic E-state index is 0. The number of fused-ring (bicyclic) bond motifs is 3. The van der Waals surface area contributed by atoms with Gasteiger partial charge in [0, 0.05) is 0 Å². The van der Waals surface area contributed by atoms with E-state index in [4.69, 9.17) is 0 Å². The van der Waals surface area contributed by atoms with E-state index in [2.05, 4.69) is 107 Å². The van der Waals surface area contributed by atoms with Crippen molar-refractivity contribution in [3.63, 3.8) is 0 Å².